The molecule has 0 aliphatic carbocycles. The predicted octanol–water partition coefficient (Wildman–Crippen LogP) is 2.02. The molecule has 2 N–H and O–H groups in total. The van der Waals surface area contributed by atoms with Crippen molar-refractivity contribution in [2.45, 2.75) is 26.7 Å². The molecule has 1 aromatic carbocycles. The molecule has 1 heterocycles. The number of rotatable bonds is 3. The molecule has 1 aliphatic heterocycles. The Hall–Kier alpha value is -1.39. The molecule has 0 spiro atoms. The summed E-state index contributed by atoms with van der Waals surface area (Å²) in [5, 5.41) is 0. The van der Waals surface area contributed by atoms with E-state index in [9.17, 15) is 4.79 Å². The zero-order valence-corrected chi connectivity index (χ0v) is 12.6. The van der Waals surface area contributed by atoms with Crippen LogP contribution in [0.15, 0.2) is 18.2 Å². The van der Waals surface area contributed by atoms with Crippen molar-refractivity contribution >= 4 is 11.6 Å². The van der Waals surface area contributed by atoms with Crippen molar-refractivity contribution in [2.24, 2.45) is 11.1 Å². The van der Waals surface area contributed by atoms with Gasteiger partial charge < -0.3 is 15.4 Å². The quantitative estimate of drug-likeness (QED) is 0.919. The number of carbonyl (C=O) groups is 1. The Morgan fingerprint density at radius 1 is 1.25 bits per heavy atom. The Bertz CT molecular complexity index is 473. The summed E-state index contributed by atoms with van der Waals surface area (Å²) in [5.41, 5.74) is 8.70. The number of amides is 1. The number of anilines is 1. The van der Waals surface area contributed by atoms with E-state index < -0.39 is 5.41 Å². The van der Waals surface area contributed by atoms with E-state index in [2.05, 4.69) is 6.07 Å². The van der Waals surface area contributed by atoms with E-state index in [0.717, 1.165) is 16.8 Å². The van der Waals surface area contributed by atoms with Crippen LogP contribution in [-0.2, 0) is 9.53 Å². The van der Waals surface area contributed by atoms with Crippen molar-refractivity contribution in [2.75, 3.05) is 31.7 Å². The average molecular weight is 276 g/mol. The first-order valence-corrected chi connectivity index (χ1v) is 7.13. The molecular weight excluding hydrogens is 252 g/mol. The normalized spacial score (nSPS) is 17.8. The number of aryl methyl sites for hydroxylation is 2. The van der Waals surface area contributed by atoms with E-state index in [0.29, 0.717) is 32.6 Å². The third kappa shape index (κ3) is 2.86. The average Bonchev–Trinajstić information content (AvgIpc) is 2.45. The summed E-state index contributed by atoms with van der Waals surface area (Å²) in [7, 11) is 1.84. The highest BCUT2D eigenvalue weighted by molar-refractivity contribution is 5.97. The van der Waals surface area contributed by atoms with Gasteiger partial charge in [-0.2, -0.15) is 0 Å². The highest BCUT2D eigenvalue weighted by Gasteiger charge is 2.40. The Labute approximate surface area is 120 Å². The van der Waals surface area contributed by atoms with Gasteiger partial charge in [0.25, 0.3) is 0 Å². The van der Waals surface area contributed by atoms with E-state index in [1.165, 1.54) is 0 Å². The maximum atomic E-state index is 12.9. The largest absolute Gasteiger partial charge is 0.381 e. The molecule has 20 heavy (non-hydrogen) atoms. The van der Waals surface area contributed by atoms with Crippen LogP contribution in [0.5, 0.6) is 0 Å². The van der Waals surface area contributed by atoms with Crippen LogP contribution < -0.4 is 10.6 Å². The molecule has 0 saturated carbocycles. The molecule has 0 radical (unpaired) electrons. The zero-order valence-electron chi connectivity index (χ0n) is 12.6. The highest BCUT2D eigenvalue weighted by Crippen LogP contribution is 2.33. The lowest BCUT2D eigenvalue weighted by Crippen LogP contribution is -2.50. The molecule has 1 saturated heterocycles. The van der Waals surface area contributed by atoms with E-state index in [1.54, 1.807) is 4.90 Å². The van der Waals surface area contributed by atoms with Crippen LogP contribution in [0.25, 0.3) is 0 Å². The Kier molecular flexibility index (Phi) is 4.45. The summed E-state index contributed by atoms with van der Waals surface area (Å²) in [5.74, 6) is 0.105. The molecule has 0 aromatic heterocycles. The number of ether oxygens (including phenoxy) is 1. The van der Waals surface area contributed by atoms with Crippen LogP contribution in [0.2, 0.25) is 0 Å². The highest BCUT2D eigenvalue weighted by atomic mass is 16.5. The van der Waals surface area contributed by atoms with Crippen LogP contribution in [0.4, 0.5) is 5.69 Å². The minimum Gasteiger partial charge on any atom is -0.381 e. The fraction of sp³-hybridized carbons (Fsp3) is 0.562. The molecule has 1 amide bonds. The summed E-state index contributed by atoms with van der Waals surface area (Å²) < 4.78 is 5.37. The van der Waals surface area contributed by atoms with Crippen LogP contribution in [0, 0.1) is 19.3 Å². The van der Waals surface area contributed by atoms with E-state index in [4.69, 9.17) is 10.5 Å². The third-order valence-electron chi connectivity index (χ3n) is 4.19. The molecule has 0 atom stereocenters. The monoisotopic (exact) mass is 276 g/mol. The molecule has 1 aliphatic rings. The van der Waals surface area contributed by atoms with Crippen molar-refractivity contribution < 1.29 is 9.53 Å². The van der Waals surface area contributed by atoms with Gasteiger partial charge in [-0.05, 0) is 49.9 Å². The van der Waals surface area contributed by atoms with Gasteiger partial charge in [0.05, 0.1) is 5.41 Å². The Morgan fingerprint density at radius 2 is 1.80 bits per heavy atom. The second kappa shape index (κ2) is 5.94. The Morgan fingerprint density at radius 3 is 2.30 bits per heavy atom. The maximum Gasteiger partial charge on any atom is 0.234 e. The van der Waals surface area contributed by atoms with Crippen LogP contribution in [-0.4, -0.2) is 32.7 Å². The lowest BCUT2D eigenvalue weighted by Gasteiger charge is -2.37. The standard InChI is InChI=1S/C16H24N2O2/c1-12-8-13(2)10-14(9-12)18(3)15(19)16(11-17)4-6-20-7-5-16/h8-10H,4-7,11,17H2,1-3H3. The van der Waals surface area contributed by atoms with Gasteiger partial charge in [0, 0.05) is 32.5 Å². The second-order valence-corrected chi connectivity index (χ2v) is 5.81. The number of hydrogen-bond acceptors (Lipinski definition) is 3. The first-order chi connectivity index (χ1) is 9.48. The second-order valence-electron chi connectivity index (χ2n) is 5.81. The van der Waals surface area contributed by atoms with Gasteiger partial charge in [-0.25, -0.2) is 0 Å². The van der Waals surface area contributed by atoms with Crippen molar-refractivity contribution in [3.63, 3.8) is 0 Å². The van der Waals surface area contributed by atoms with Gasteiger partial charge in [-0.15, -0.1) is 0 Å². The fourth-order valence-corrected chi connectivity index (χ4v) is 2.88. The maximum absolute atomic E-state index is 12.9. The molecule has 1 aromatic rings. The molecule has 110 valence electrons. The lowest BCUT2D eigenvalue weighted by molar-refractivity contribution is -0.132. The van der Waals surface area contributed by atoms with Crippen LogP contribution in [0.3, 0.4) is 0 Å². The van der Waals surface area contributed by atoms with E-state index >= 15 is 0 Å². The van der Waals surface area contributed by atoms with E-state index in [-0.39, 0.29) is 5.91 Å². The number of nitrogens with two attached hydrogens (primary N) is 1. The molecule has 4 nitrogen and oxygen atoms in total. The molecule has 1 fully saturated rings. The molecule has 2 rings (SSSR count). The number of benzene rings is 1. The van der Waals surface area contributed by atoms with Gasteiger partial charge in [-0.1, -0.05) is 6.07 Å². The van der Waals surface area contributed by atoms with Crippen molar-refractivity contribution in [1.29, 1.82) is 0 Å². The SMILES string of the molecule is Cc1cc(C)cc(N(C)C(=O)C2(CN)CCOCC2)c1. The number of carbonyl (C=O) groups excluding carboxylic acids is 1. The number of hydrogen-bond donors (Lipinski definition) is 1. The smallest absolute Gasteiger partial charge is 0.234 e. The van der Waals surface area contributed by atoms with Crippen molar-refractivity contribution in [3.8, 4) is 0 Å². The number of nitrogens with zero attached hydrogens (tertiary/aromatic N) is 1. The van der Waals surface area contributed by atoms with Gasteiger partial charge in [0.2, 0.25) is 5.91 Å². The lowest BCUT2D eigenvalue weighted by atomic mass is 9.79. The first kappa shape index (κ1) is 15.0. The van der Waals surface area contributed by atoms with Gasteiger partial charge in [0.1, 0.15) is 0 Å². The van der Waals surface area contributed by atoms with Crippen LogP contribution in [0.1, 0.15) is 24.0 Å². The predicted molar refractivity (Wildman–Crippen MR) is 80.9 cm³/mol. The van der Waals surface area contributed by atoms with E-state index in [1.807, 2.05) is 33.0 Å². The van der Waals surface area contributed by atoms with Gasteiger partial charge >= 0.3 is 0 Å². The van der Waals surface area contributed by atoms with Crippen molar-refractivity contribution in [1.82, 2.24) is 0 Å². The topological polar surface area (TPSA) is 55.6 Å². The minimum absolute atomic E-state index is 0.105. The molecular formula is C16H24N2O2. The summed E-state index contributed by atoms with van der Waals surface area (Å²) in [6.45, 7) is 5.70. The summed E-state index contributed by atoms with van der Waals surface area (Å²) in [4.78, 5) is 14.6. The summed E-state index contributed by atoms with van der Waals surface area (Å²) >= 11 is 0. The molecule has 0 unspecified atom stereocenters. The summed E-state index contributed by atoms with van der Waals surface area (Å²) in [6.07, 6.45) is 1.41. The van der Waals surface area contributed by atoms with Gasteiger partial charge in [-0.3, -0.25) is 4.79 Å². The first-order valence-electron chi connectivity index (χ1n) is 7.13. The van der Waals surface area contributed by atoms with Gasteiger partial charge in [0.15, 0.2) is 0 Å². The fourth-order valence-electron chi connectivity index (χ4n) is 2.88. The minimum atomic E-state index is -0.468. The summed E-state index contributed by atoms with van der Waals surface area (Å²) in [6, 6.07) is 6.18. The van der Waals surface area contributed by atoms with Crippen molar-refractivity contribution in [3.05, 3.63) is 29.3 Å². The zero-order chi connectivity index (χ0) is 14.8. The Balaban J connectivity index is 2.26. The molecule has 4 heteroatoms. The molecule has 0 bridgehead atoms. The van der Waals surface area contributed by atoms with Crippen LogP contribution >= 0.6 is 0 Å². The third-order valence-corrected chi connectivity index (χ3v) is 4.19.